The fourth-order valence-electron chi connectivity index (χ4n) is 4.94. The van der Waals surface area contributed by atoms with Gasteiger partial charge in [-0.3, -0.25) is 14.3 Å². The molecule has 42 heavy (non-hydrogen) atoms. The van der Waals surface area contributed by atoms with E-state index in [0.29, 0.717) is 18.9 Å². The van der Waals surface area contributed by atoms with Crippen molar-refractivity contribution in [2.45, 2.75) is 64.7 Å². The van der Waals surface area contributed by atoms with Crippen LogP contribution in [0, 0.1) is 5.92 Å². The van der Waals surface area contributed by atoms with Crippen molar-refractivity contribution in [2.24, 2.45) is 5.92 Å². The van der Waals surface area contributed by atoms with E-state index in [1.807, 2.05) is 44.2 Å². The lowest BCUT2D eigenvalue weighted by molar-refractivity contribution is -0.131. The maximum atomic E-state index is 14.1. The molecular formula is C31H45N3O7S. The summed E-state index contributed by atoms with van der Waals surface area (Å²) in [5.41, 5.74) is 1.38. The SMILES string of the molecule is C[C@H]1CCCCO[C@H](CN(C)C(=O)Cc2ccccc2)[C@@H](C)CN([C@@H](C)CO)C(=O)c2cc(NS(C)(=O)=O)ccc2O1. The average Bonchev–Trinajstić information content (AvgIpc) is 2.94. The van der Waals surface area contributed by atoms with Gasteiger partial charge in [0.05, 0.1) is 43.1 Å². The summed E-state index contributed by atoms with van der Waals surface area (Å²) in [6.07, 6.45) is 3.14. The first kappa shape index (κ1) is 33.4. The number of fused-ring (bicyclic) bond motifs is 1. The number of sulfonamides is 1. The lowest BCUT2D eigenvalue weighted by Crippen LogP contribution is -2.48. The molecule has 1 aliphatic heterocycles. The average molecular weight is 604 g/mol. The third-order valence-corrected chi connectivity index (χ3v) is 8.04. The molecule has 10 nitrogen and oxygen atoms in total. The van der Waals surface area contributed by atoms with Crippen LogP contribution in [0.2, 0.25) is 0 Å². The second-order valence-corrected chi connectivity index (χ2v) is 13.1. The number of aliphatic hydroxyl groups is 1. The van der Waals surface area contributed by atoms with Crippen LogP contribution < -0.4 is 9.46 Å². The highest BCUT2D eigenvalue weighted by molar-refractivity contribution is 7.92. The second kappa shape index (κ2) is 15.4. The van der Waals surface area contributed by atoms with E-state index < -0.39 is 22.0 Å². The molecule has 2 amide bonds. The van der Waals surface area contributed by atoms with Crippen LogP contribution in [0.15, 0.2) is 48.5 Å². The minimum absolute atomic E-state index is 0.0288. The van der Waals surface area contributed by atoms with Crippen LogP contribution in [0.4, 0.5) is 5.69 Å². The molecule has 3 rings (SSSR count). The Labute approximate surface area is 250 Å². The number of carbonyl (C=O) groups is 2. The summed E-state index contributed by atoms with van der Waals surface area (Å²) in [6, 6.07) is 13.7. The Balaban J connectivity index is 1.91. The minimum Gasteiger partial charge on any atom is -0.490 e. The van der Waals surface area contributed by atoms with Crippen molar-refractivity contribution < 1.29 is 32.6 Å². The van der Waals surface area contributed by atoms with Crippen LogP contribution in [0.1, 0.15) is 56.0 Å². The fraction of sp³-hybridized carbons (Fsp3) is 0.548. The van der Waals surface area contributed by atoms with Gasteiger partial charge in [-0.1, -0.05) is 37.3 Å². The number of amides is 2. The highest BCUT2D eigenvalue weighted by Gasteiger charge is 2.31. The molecule has 232 valence electrons. The summed E-state index contributed by atoms with van der Waals surface area (Å²) in [5.74, 6) is -0.269. The Morgan fingerprint density at radius 1 is 1.17 bits per heavy atom. The van der Waals surface area contributed by atoms with Gasteiger partial charge in [0.1, 0.15) is 5.75 Å². The molecule has 0 unspecified atom stereocenters. The van der Waals surface area contributed by atoms with E-state index in [4.69, 9.17) is 9.47 Å². The van der Waals surface area contributed by atoms with Gasteiger partial charge in [-0.2, -0.15) is 0 Å². The standard InChI is InChI=1S/C31H45N3O7S/c1-22-19-34(23(2)21-35)31(37)27-18-26(32-42(5,38)39)14-15-28(27)41-24(3)11-9-10-16-40-29(22)20-33(4)30(36)17-25-12-7-6-8-13-25/h6-8,12-15,18,22-24,29,32,35H,9-11,16-17,19-21H2,1-5H3/t22-,23-,24-,29+/m0/s1. The first-order valence-electron chi connectivity index (χ1n) is 14.5. The maximum absolute atomic E-state index is 14.1. The zero-order valence-corrected chi connectivity index (χ0v) is 26.1. The molecular weight excluding hydrogens is 558 g/mol. The van der Waals surface area contributed by atoms with E-state index in [0.717, 1.165) is 31.1 Å². The smallest absolute Gasteiger partial charge is 0.258 e. The van der Waals surface area contributed by atoms with Crippen molar-refractivity contribution in [3.63, 3.8) is 0 Å². The second-order valence-electron chi connectivity index (χ2n) is 11.3. The number of carbonyl (C=O) groups excluding carboxylic acids is 2. The predicted octanol–water partition coefficient (Wildman–Crippen LogP) is 3.55. The van der Waals surface area contributed by atoms with Crippen molar-refractivity contribution in [2.75, 3.05) is 44.3 Å². The van der Waals surface area contributed by atoms with E-state index in [2.05, 4.69) is 4.72 Å². The van der Waals surface area contributed by atoms with E-state index in [-0.39, 0.29) is 54.9 Å². The number of hydrogen-bond donors (Lipinski definition) is 2. The lowest BCUT2D eigenvalue weighted by Gasteiger charge is -2.36. The molecule has 2 aromatic carbocycles. The Morgan fingerprint density at radius 3 is 2.55 bits per heavy atom. The summed E-state index contributed by atoms with van der Waals surface area (Å²) < 4.78 is 38.7. The van der Waals surface area contributed by atoms with Crippen LogP contribution in [0.25, 0.3) is 0 Å². The van der Waals surface area contributed by atoms with E-state index >= 15 is 0 Å². The van der Waals surface area contributed by atoms with E-state index in [9.17, 15) is 23.1 Å². The number of benzene rings is 2. The number of hydrogen-bond acceptors (Lipinski definition) is 7. The zero-order chi connectivity index (χ0) is 30.9. The summed E-state index contributed by atoms with van der Waals surface area (Å²) in [5, 5.41) is 10.1. The van der Waals surface area contributed by atoms with E-state index in [1.165, 1.54) is 6.07 Å². The third kappa shape index (κ3) is 9.99. The lowest BCUT2D eigenvalue weighted by atomic mass is 10.0. The van der Waals surface area contributed by atoms with Crippen molar-refractivity contribution in [1.82, 2.24) is 9.80 Å². The first-order chi connectivity index (χ1) is 19.9. The maximum Gasteiger partial charge on any atom is 0.258 e. The van der Waals surface area contributed by atoms with Crippen molar-refractivity contribution in [1.29, 1.82) is 0 Å². The zero-order valence-electron chi connectivity index (χ0n) is 25.3. The number of nitrogens with one attached hydrogen (secondary N) is 1. The van der Waals surface area contributed by atoms with Crippen LogP contribution >= 0.6 is 0 Å². The van der Waals surface area contributed by atoms with Crippen LogP contribution in [-0.4, -0.2) is 93.0 Å². The third-order valence-electron chi connectivity index (χ3n) is 7.43. The molecule has 0 bridgehead atoms. The molecule has 0 saturated carbocycles. The Hall–Kier alpha value is -3.15. The number of likely N-dealkylation sites (N-methyl/N-ethyl adjacent to an activating group) is 1. The van der Waals surface area contributed by atoms with Crippen molar-refractivity contribution in [3.8, 4) is 5.75 Å². The fourth-order valence-corrected chi connectivity index (χ4v) is 5.50. The molecule has 0 aliphatic carbocycles. The van der Waals surface area contributed by atoms with Gasteiger partial charge in [0.25, 0.3) is 5.91 Å². The molecule has 0 fully saturated rings. The Bertz CT molecular complexity index is 1290. The molecule has 0 saturated heterocycles. The van der Waals surface area contributed by atoms with Gasteiger partial charge < -0.3 is 24.4 Å². The highest BCUT2D eigenvalue weighted by Crippen LogP contribution is 2.29. The normalized spacial score (nSPS) is 21.4. The number of rotatable bonds is 8. The highest BCUT2D eigenvalue weighted by atomic mass is 32.2. The van der Waals surface area contributed by atoms with Crippen LogP contribution in [-0.2, 0) is 26.0 Å². The van der Waals surface area contributed by atoms with Gasteiger partial charge in [-0.25, -0.2) is 8.42 Å². The number of aliphatic hydroxyl groups excluding tert-OH is 1. The van der Waals surface area contributed by atoms with Crippen LogP contribution in [0.5, 0.6) is 5.75 Å². The largest absolute Gasteiger partial charge is 0.490 e. The number of nitrogens with zero attached hydrogens (tertiary/aromatic N) is 2. The van der Waals surface area contributed by atoms with E-state index in [1.54, 1.807) is 35.9 Å². The quantitative estimate of drug-likeness (QED) is 0.473. The first-order valence-corrected chi connectivity index (χ1v) is 16.4. The van der Waals surface area contributed by atoms with Gasteiger partial charge in [-0.15, -0.1) is 0 Å². The molecule has 0 aromatic heterocycles. The van der Waals surface area contributed by atoms with Crippen LogP contribution in [0.3, 0.4) is 0 Å². The van der Waals surface area contributed by atoms with Gasteiger partial charge in [0.2, 0.25) is 15.9 Å². The number of ether oxygens (including phenoxy) is 2. The molecule has 0 spiro atoms. The van der Waals surface area contributed by atoms with Crippen molar-refractivity contribution >= 4 is 27.5 Å². The molecule has 0 radical (unpaired) electrons. The molecule has 1 heterocycles. The molecule has 1 aliphatic rings. The molecule has 2 aromatic rings. The molecule has 2 N–H and O–H groups in total. The van der Waals surface area contributed by atoms with Crippen molar-refractivity contribution in [3.05, 3.63) is 59.7 Å². The minimum atomic E-state index is -3.57. The summed E-state index contributed by atoms with van der Waals surface area (Å²) in [4.78, 5) is 30.3. The predicted molar refractivity (Wildman–Crippen MR) is 163 cm³/mol. The Morgan fingerprint density at radius 2 is 1.88 bits per heavy atom. The van der Waals surface area contributed by atoms with Gasteiger partial charge in [0.15, 0.2) is 0 Å². The molecule has 4 atom stereocenters. The Kier molecular flexibility index (Phi) is 12.2. The summed E-state index contributed by atoms with van der Waals surface area (Å²) in [7, 11) is -1.81. The number of anilines is 1. The topological polar surface area (TPSA) is 125 Å². The monoisotopic (exact) mass is 603 g/mol. The summed E-state index contributed by atoms with van der Waals surface area (Å²) >= 11 is 0. The van der Waals surface area contributed by atoms with Gasteiger partial charge in [0, 0.05) is 38.3 Å². The van der Waals surface area contributed by atoms with Gasteiger partial charge >= 0.3 is 0 Å². The summed E-state index contributed by atoms with van der Waals surface area (Å²) in [6.45, 7) is 6.47. The molecule has 11 heteroatoms. The van der Waals surface area contributed by atoms with Gasteiger partial charge in [-0.05, 0) is 56.9 Å².